The Morgan fingerprint density at radius 2 is 1.07 bits per heavy atom. The average molecular weight is 439 g/mol. The molecule has 4 amide bonds. The van der Waals surface area contributed by atoms with Gasteiger partial charge in [0.1, 0.15) is 0 Å². The predicted molar refractivity (Wildman–Crippen MR) is 106 cm³/mol. The molecule has 2 rings (SSSR count). The molecule has 2 atom stereocenters. The van der Waals surface area contributed by atoms with Crippen LogP contribution in [-0.4, -0.2) is 77.1 Å². The molecule has 0 aromatic carbocycles. The Morgan fingerprint density at radius 3 is 1.39 bits per heavy atom. The van der Waals surface area contributed by atoms with E-state index in [1.54, 1.807) is 0 Å². The van der Waals surface area contributed by atoms with Crippen LogP contribution in [0.5, 0.6) is 0 Å². The molecule has 2 unspecified atom stereocenters. The van der Waals surface area contributed by atoms with Gasteiger partial charge in [-0.3, -0.25) is 0 Å². The van der Waals surface area contributed by atoms with Gasteiger partial charge in [0.25, 0.3) is 0 Å². The number of unbranched alkanes of at least 4 members (excludes halogenated alkanes) is 3. The molecule has 28 heavy (non-hydrogen) atoms. The molecular weight excluding hydrogens is 408 g/mol. The number of carbonyl (C=O) groups excluding carboxylic acids is 2. The highest BCUT2D eigenvalue weighted by Crippen LogP contribution is 2.11. The molecule has 2 fully saturated rings. The highest BCUT2D eigenvalue weighted by molar-refractivity contribution is 7.91. The molecule has 2 aliphatic heterocycles. The third-order valence-electron chi connectivity index (χ3n) is 4.81. The lowest BCUT2D eigenvalue weighted by Gasteiger charge is -2.12. The molecule has 162 valence electrons. The fraction of sp³-hybridized carbons (Fsp3) is 0.875. The van der Waals surface area contributed by atoms with E-state index < -0.39 is 19.7 Å². The maximum Gasteiger partial charge on any atom is 0.315 e. The van der Waals surface area contributed by atoms with Crippen LogP contribution in [0, 0.1) is 0 Å². The van der Waals surface area contributed by atoms with Crippen molar-refractivity contribution >= 4 is 31.7 Å². The molecule has 0 aromatic rings. The first-order chi connectivity index (χ1) is 13.2. The van der Waals surface area contributed by atoms with Gasteiger partial charge in [-0.25, -0.2) is 26.4 Å². The van der Waals surface area contributed by atoms with Crippen LogP contribution < -0.4 is 21.3 Å². The summed E-state index contributed by atoms with van der Waals surface area (Å²) < 4.78 is 45.3. The Hall–Kier alpha value is -1.56. The first-order valence-corrected chi connectivity index (χ1v) is 13.3. The Bertz CT molecular complexity index is 689. The topological polar surface area (TPSA) is 151 Å². The van der Waals surface area contributed by atoms with Gasteiger partial charge in [-0.1, -0.05) is 12.8 Å². The maximum absolute atomic E-state index is 11.7. The summed E-state index contributed by atoms with van der Waals surface area (Å²) in [6, 6.07) is -1.28. The highest BCUT2D eigenvalue weighted by Gasteiger charge is 2.29. The first-order valence-electron chi connectivity index (χ1n) is 9.65. The number of rotatable bonds is 9. The van der Waals surface area contributed by atoms with Crippen molar-refractivity contribution < 1.29 is 26.4 Å². The fourth-order valence-electron chi connectivity index (χ4n) is 3.30. The fourth-order valence-corrected chi connectivity index (χ4v) is 6.64. The quantitative estimate of drug-likeness (QED) is 0.357. The van der Waals surface area contributed by atoms with E-state index in [4.69, 9.17) is 0 Å². The predicted octanol–water partition coefficient (Wildman–Crippen LogP) is -0.481. The van der Waals surface area contributed by atoms with E-state index in [1.807, 2.05) is 0 Å². The smallest absolute Gasteiger partial charge is 0.315 e. The minimum Gasteiger partial charge on any atom is -0.338 e. The number of hydrogen-bond donors (Lipinski definition) is 4. The summed E-state index contributed by atoms with van der Waals surface area (Å²) in [6.45, 7) is 1.02. The molecule has 0 aromatic heterocycles. The van der Waals surface area contributed by atoms with Crippen LogP contribution in [0.1, 0.15) is 38.5 Å². The van der Waals surface area contributed by atoms with Gasteiger partial charge in [0, 0.05) is 25.2 Å². The Kier molecular flexibility index (Phi) is 8.35. The third-order valence-corrected chi connectivity index (χ3v) is 8.35. The van der Waals surface area contributed by atoms with E-state index in [0.29, 0.717) is 25.9 Å². The molecule has 0 aliphatic carbocycles. The Balaban J connectivity index is 1.41. The van der Waals surface area contributed by atoms with Gasteiger partial charge in [-0.15, -0.1) is 0 Å². The summed E-state index contributed by atoms with van der Waals surface area (Å²) in [5, 5.41) is 10.8. The minimum atomic E-state index is -3.00. The van der Waals surface area contributed by atoms with Crippen LogP contribution in [0.4, 0.5) is 9.59 Å². The van der Waals surface area contributed by atoms with Crippen LogP contribution in [-0.2, 0) is 19.7 Å². The Labute approximate surface area is 166 Å². The lowest BCUT2D eigenvalue weighted by Crippen LogP contribution is -2.43. The minimum absolute atomic E-state index is 0.0115. The molecule has 12 heteroatoms. The van der Waals surface area contributed by atoms with E-state index in [-0.39, 0.29) is 47.2 Å². The second-order valence-electron chi connectivity index (χ2n) is 7.41. The standard InChI is InChI=1S/C16H30N4O6S2/c21-15(19-13-5-9-27(23,24)11-13)17-7-3-1-2-4-8-18-16(22)20-14-6-10-28(25,26)12-14/h13-14H,1-12H2,(H2,17,19,21)(H2,18,20,22). The van der Waals surface area contributed by atoms with Crippen molar-refractivity contribution in [1.82, 2.24) is 21.3 Å². The van der Waals surface area contributed by atoms with Crippen molar-refractivity contribution in [1.29, 1.82) is 0 Å². The average Bonchev–Trinajstić information content (AvgIpc) is 3.10. The number of urea groups is 2. The van der Waals surface area contributed by atoms with Gasteiger partial charge in [0.15, 0.2) is 19.7 Å². The monoisotopic (exact) mass is 438 g/mol. The summed E-state index contributed by atoms with van der Waals surface area (Å²) in [4.78, 5) is 23.4. The van der Waals surface area contributed by atoms with Gasteiger partial charge in [-0.2, -0.15) is 0 Å². The second kappa shape index (κ2) is 10.3. The molecule has 2 heterocycles. The van der Waals surface area contributed by atoms with E-state index in [1.165, 1.54) is 0 Å². The van der Waals surface area contributed by atoms with Crippen LogP contribution in [0.25, 0.3) is 0 Å². The van der Waals surface area contributed by atoms with Crippen molar-refractivity contribution in [2.45, 2.75) is 50.6 Å². The van der Waals surface area contributed by atoms with Crippen molar-refractivity contribution in [3.8, 4) is 0 Å². The molecule has 0 bridgehead atoms. The SMILES string of the molecule is O=C(NCCCCCCNC(=O)NC1CCS(=O)(=O)C1)NC1CCS(=O)(=O)C1. The summed E-state index contributed by atoms with van der Waals surface area (Å²) in [6.07, 6.45) is 4.30. The van der Waals surface area contributed by atoms with Crippen molar-refractivity contribution in [2.24, 2.45) is 0 Å². The van der Waals surface area contributed by atoms with Crippen molar-refractivity contribution in [2.75, 3.05) is 36.1 Å². The zero-order chi connectivity index (χ0) is 20.6. The van der Waals surface area contributed by atoms with Gasteiger partial charge in [0.2, 0.25) is 0 Å². The van der Waals surface area contributed by atoms with Gasteiger partial charge in [-0.05, 0) is 25.7 Å². The molecule has 10 nitrogen and oxygen atoms in total. The highest BCUT2D eigenvalue weighted by atomic mass is 32.2. The van der Waals surface area contributed by atoms with E-state index in [0.717, 1.165) is 25.7 Å². The summed E-state index contributed by atoms with van der Waals surface area (Å²) in [5.74, 6) is 0.280. The number of hydrogen-bond acceptors (Lipinski definition) is 6. The van der Waals surface area contributed by atoms with Crippen LogP contribution in [0.15, 0.2) is 0 Å². The zero-order valence-corrected chi connectivity index (χ0v) is 17.5. The number of sulfone groups is 2. The van der Waals surface area contributed by atoms with Gasteiger partial charge in [0.05, 0.1) is 23.0 Å². The molecule has 0 saturated carbocycles. The summed E-state index contributed by atoms with van der Waals surface area (Å²) in [7, 11) is -6.00. The maximum atomic E-state index is 11.7. The number of amides is 4. The van der Waals surface area contributed by atoms with Crippen molar-refractivity contribution in [3.05, 3.63) is 0 Å². The van der Waals surface area contributed by atoms with E-state index in [2.05, 4.69) is 21.3 Å². The molecule has 0 radical (unpaired) electrons. The van der Waals surface area contributed by atoms with Gasteiger partial charge < -0.3 is 21.3 Å². The summed E-state index contributed by atoms with van der Waals surface area (Å²) >= 11 is 0. The molecule has 0 spiro atoms. The van der Waals surface area contributed by atoms with Gasteiger partial charge >= 0.3 is 12.1 Å². The number of carbonyl (C=O) groups is 2. The second-order valence-corrected chi connectivity index (χ2v) is 11.9. The van der Waals surface area contributed by atoms with Crippen molar-refractivity contribution in [3.63, 3.8) is 0 Å². The largest absolute Gasteiger partial charge is 0.338 e. The lowest BCUT2D eigenvalue weighted by atomic mass is 10.2. The third kappa shape index (κ3) is 8.63. The molecule has 2 aliphatic rings. The summed E-state index contributed by atoms with van der Waals surface area (Å²) in [5.41, 5.74) is 0. The lowest BCUT2D eigenvalue weighted by molar-refractivity contribution is 0.236. The Morgan fingerprint density at radius 1 is 0.679 bits per heavy atom. The van der Waals surface area contributed by atoms with Crippen LogP contribution in [0.2, 0.25) is 0 Å². The molecular formula is C16H30N4O6S2. The zero-order valence-electron chi connectivity index (χ0n) is 15.9. The molecule has 2 saturated heterocycles. The normalized spacial score (nSPS) is 25.1. The van der Waals surface area contributed by atoms with E-state index >= 15 is 0 Å². The molecule has 4 N–H and O–H groups in total. The van der Waals surface area contributed by atoms with Crippen LogP contribution >= 0.6 is 0 Å². The number of nitrogens with one attached hydrogen (secondary N) is 4. The first kappa shape index (κ1) is 22.7. The van der Waals surface area contributed by atoms with Crippen LogP contribution in [0.3, 0.4) is 0 Å². The van der Waals surface area contributed by atoms with E-state index in [9.17, 15) is 26.4 Å².